The van der Waals surface area contributed by atoms with Gasteiger partial charge in [-0.3, -0.25) is 4.79 Å². The summed E-state index contributed by atoms with van der Waals surface area (Å²) in [7, 11) is 0. The first kappa shape index (κ1) is 86.9. The van der Waals surface area contributed by atoms with Gasteiger partial charge in [0.25, 0.3) is 0 Å². The molecule has 3 rings (SSSR count). The first-order valence-corrected chi connectivity index (χ1v) is 36.6. The van der Waals surface area contributed by atoms with Gasteiger partial charge in [-0.15, -0.1) is 0 Å². The quantitative estimate of drug-likeness (QED) is 0.0199. The first-order chi connectivity index (χ1) is 47.3. The highest BCUT2D eigenvalue weighted by molar-refractivity contribution is 5.76. The standard InChI is InChI=1S/C78H127NO18/c1-3-5-7-9-11-13-15-16-17-18-19-20-21-22-23-24-25-26-27-28-29-30-31-32-33-34-35-36-37-38-39-40-41-42-43-44-46-48-50-52-54-56-66(84)79-61(62(83)55-53-51-49-47-45-14-12-10-8-6-4-2)60-92-76-72(90)69(87)74(64(58-81)94-76)97-78-73(91)70(88)75(65(59-82)95-78)96-77-71(89)68(86)67(85)63(57-80)93-77/h5,7,11,13,16-17,19-20,22-23,25-26,28-29,31-32,34-35,37-38,45,47,53,55,61-65,67-78,80-83,85-91H,3-4,6,8-10,12,14-15,18,21,24,27,30,33,36,39-44,46,48-52,54,56-60H2,1-2H3,(H,79,84)/b7-5-,13-11-,17-16-,20-19-,23-22-,26-25-,29-28-,32-31-,35-34-,38-37-,47-45+,55-53+. The molecule has 0 radical (unpaired) electrons. The molecule has 3 aliphatic heterocycles. The van der Waals surface area contributed by atoms with E-state index in [2.05, 4.69) is 153 Å². The predicted octanol–water partition coefficient (Wildman–Crippen LogP) is 10.7. The Morgan fingerprint density at radius 1 is 0.381 bits per heavy atom. The van der Waals surface area contributed by atoms with E-state index >= 15 is 0 Å². The largest absolute Gasteiger partial charge is 0.394 e. The number of allylic oxidation sites excluding steroid dienone is 23. The molecule has 0 saturated carbocycles. The molecule has 0 aromatic heterocycles. The van der Waals surface area contributed by atoms with Crippen molar-refractivity contribution in [2.24, 2.45) is 0 Å². The highest BCUT2D eigenvalue weighted by Crippen LogP contribution is 2.33. The number of aliphatic hydroxyl groups excluding tert-OH is 11. The molecule has 17 atom stereocenters. The van der Waals surface area contributed by atoms with Crippen LogP contribution in [0.15, 0.2) is 146 Å². The highest BCUT2D eigenvalue weighted by Gasteiger charge is 2.53. The van der Waals surface area contributed by atoms with Crippen LogP contribution in [0.5, 0.6) is 0 Å². The summed E-state index contributed by atoms with van der Waals surface area (Å²) >= 11 is 0. The van der Waals surface area contributed by atoms with E-state index in [-0.39, 0.29) is 18.9 Å². The summed E-state index contributed by atoms with van der Waals surface area (Å²) in [5, 5.41) is 120. The Bertz CT molecular complexity index is 2320. The van der Waals surface area contributed by atoms with Crippen molar-refractivity contribution in [3.8, 4) is 0 Å². The van der Waals surface area contributed by atoms with E-state index in [0.717, 1.165) is 116 Å². The molecule has 97 heavy (non-hydrogen) atoms. The molecule has 552 valence electrons. The average molecular weight is 1370 g/mol. The summed E-state index contributed by atoms with van der Waals surface area (Å²) in [5.41, 5.74) is 0. The van der Waals surface area contributed by atoms with Crippen LogP contribution in [0.1, 0.15) is 206 Å². The van der Waals surface area contributed by atoms with Crippen molar-refractivity contribution in [3.63, 3.8) is 0 Å². The molecule has 3 heterocycles. The number of amides is 1. The third-order valence-corrected chi connectivity index (χ3v) is 17.1. The van der Waals surface area contributed by atoms with Crippen LogP contribution in [0.3, 0.4) is 0 Å². The topological polar surface area (TPSA) is 307 Å². The van der Waals surface area contributed by atoms with Crippen LogP contribution < -0.4 is 5.32 Å². The molecule has 12 N–H and O–H groups in total. The van der Waals surface area contributed by atoms with E-state index in [0.29, 0.717) is 12.8 Å². The van der Waals surface area contributed by atoms with Gasteiger partial charge in [0.1, 0.15) is 73.2 Å². The molecule has 0 spiro atoms. The molecule has 19 nitrogen and oxygen atoms in total. The molecule has 3 saturated heterocycles. The van der Waals surface area contributed by atoms with Crippen LogP contribution in [-0.2, 0) is 33.2 Å². The van der Waals surface area contributed by atoms with Crippen molar-refractivity contribution in [2.45, 2.75) is 311 Å². The minimum atomic E-state index is -1.99. The Morgan fingerprint density at radius 3 is 1.15 bits per heavy atom. The Morgan fingerprint density at radius 2 is 0.722 bits per heavy atom. The van der Waals surface area contributed by atoms with Crippen molar-refractivity contribution < 1.29 is 89.4 Å². The molecule has 3 aliphatic rings. The molecule has 0 aliphatic carbocycles. The third-order valence-electron chi connectivity index (χ3n) is 17.1. The summed E-state index contributed by atoms with van der Waals surface area (Å²) in [6.45, 7) is 1.53. The average Bonchev–Trinajstić information content (AvgIpc) is 0.790. The van der Waals surface area contributed by atoms with Crippen molar-refractivity contribution >= 4 is 5.91 Å². The summed E-state index contributed by atoms with van der Waals surface area (Å²) < 4.78 is 34.3. The SMILES string of the molecule is CC/C=C\C/C=C\C/C=C\C/C=C\C/C=C\C/C=C\C/C=C\C/C=C\C/C=C\C/C=C\CCCCCCCCCCCCC(=O)NC(COC1OC(CO)C(OC2OC(CO)C(OC3OC(CO)C(O)C(O)C3O)C(O)C2O)C(O)C1O)C(O)/C=C/CC/C=C/CCCCCCC. The molecule has 19 heteroatoms. The number of nitrogens with one attached hydrogen (secondary N) is 1. The molecular formula is C78H127NO18. The second kappa shape index (κ2) is 57.3. The smallest absolute Gasteiger partial charge is 0.220 e. The molecule has 17 unspecified atom stereocenters. The lowest BCUT2D eigenvalue weighted by Crippen LogP contribution is -2.66. The fourth-order valence-corrected chi connectivity index (χ4v) is 11.2. The van der Waals surface area contributed by atoms with Gasteiger partial charge >= 0.3 is 0 Å². The maximum Gasteiger partial charge on any atom is 0.220 e. The number of aliphatic hydroxyl groups is 11. The van der Waals surface area contributed by atoms with E-state index in [4.69, 9.17) is 28.4 Å². The number of ether oxygens (including phenoxy) is 6. The minimum Gasteiger partial charge on any atom is -0.394 e. The Hall–Kier alpha value is -4.33. The van der Waals surface area contributed by atoms with E-state index in [1.165, 1.54) is 57.8 Å². The van der Waals surface area contributed by atoms with Crippen molar-refractivity contribution in [2.75, 3.05) is 26.4 Å². The van der Waals surface area contributed by atoms with Crippen LogP contribution in [0, 0.1) is 0 Å². The van der Waals surface area contributed by atoms with E-state index in [1.54, 1.807) is 6.08 Å². The Labute approximate surface area is 581 Å². The van der Waals surface area contributed by atoms with Gasteiger partial charge in [-0.2, -0.15) is 0 Å². The third kappa shape index (κ3) is 38.3. The minimum absolute atomic E-state index is 0.221. The zero-order valence-electron chi connectivity index (χ0n) is 58.5. The number of rotatable bonds is 54. The van der Waals surface area contributed by atoms with Crippen LogP contribution in [0.4, 0.5) is 0 Å². The number of hydrogen-bond acceptors (Lipinski definition) is 18. The van der Waals surface area contributed by atoms with Gasteiger partial charge in [0, 0.05) is 6.42 Å². The predicted molar refractivity (Wildman–Crippen MR) is 382 cm³/mol. The van der Waals surface area contributed by atoms with Gasteiger partial charge < -0.3 is 89.9 Å². The fourth-order valence-electron chi connectivity index (χ4n) is 11.2. The summed E-state index contributed by atoms with van der Waals surface area (Å²) in [5.74, 6) is -0.299. The maximum absolute atomic E-state index is 13.4. The highest BCUT2D eigenvalue weighted by atomic mass is 16.8. The van der Waals surface area contributed by atoms with Crippen LogP contribution >= 0.6 is 0 Å². The van der Waals surface area contributed by atoms with Gasteiger partial charge in [0.05, 0.1) is 38.6 Å². The fraction of sp³-hybridized carbons (Fsp3) is 0.679. The molecule has 3 fully saturated rings. The zero-order valence-corrected chi connectivity index (χ0v) is 58.5. The Balaban J connectivity index is 1.31. The number of hydrogen-bond donors (Lipinski definition) is 12. The second-order valence-electron chi connectivity index (χ2n) is 25.3. The van der Waals surface area contributed by atoms with Gasteiger partial charge in [-0.25, -0.2) is 0 Å². The van der Waals surface area contributed by atoms with Crippen molar-refractivity contribution in [1.29, 1.82) is 0 Å². The summed E-state index contributed by atoms with van der Waals surface area (Å²) in [6, 6.07) is -1.00. The second-order valence-corrected chi connectivity index (χ2v) is 25.3. The molecule has 0 aromatic carbocycles. The molecular weight excluding hydrogens is 1240 g/mol. The van der Waals surface area contributed by atoms with E-state index in [9.17, 15) is 61.0 Å². The molecule has 0 aromatic rings. The monoisotopic (exact) mass is 1370 g/mol. The van der Waals surface area contributed by atoms with Gasteiger partial charge in [0.2, 0.25) is 5.91 Å². The van der Waals surface area contributed by atoms with E-state index in [1.807, 2.05) is 6.08 Å². The summed E-state index contributed by atoms with van der Waals surface area (Å²) in [4.78, 5) is 13.4. The van der Waals surface area contributed by atoms with Gasteiger partial charge in [-0.05, 0) is 109 Å². The lowest BCUT2D eigenvalue weighted by Gasteiger charge is -2.48. The van der Waals surface area contributed by atoms with Crippen LogP contribution in [0.25, 0.3) is 0 Å². The van der Waals surface area contributed by atoms with Crippen LogP contribution in [-0.4, -0.2) is 193 Å². The number of carbonyl (C=O) groups excluding carboxylic acids is 1. The van der Waals surface area contributed by atoms with Gasteiger partial charge in [0.15, 0.2) is 18.9 Å². The maximum atomic E-state index is 13.4. The molecule has 0 bridgehead atoms. The number of unbranched alkanes of at least 4 members (excludes halogenated alkanes) is 16. The lowest BCUT2D eigenvalue weighted by molar-refractivity contribution is -0.379. The molecule has 1 amide bonds. The van der Waals surface area contributed by atoms with Crippen molar-refractivity contribution in [3.05, 3.63) is 146 Å². The number of carbonyl (C=O) groups is 1. The van der Waals surface area contributed by atoms with Crippen molar-refractivity contribution in [1.82, 2.24) is 5.32 Å². The zero-order chi connectivity index (χ0) is 70.4. The van der Waals surface area contributed by atoms with Gasteiger partial charge in [-0.1, -0.05) is 237 Å². The van der Waals surface area contributed by atoms with E-state index < -0.39 is 124 Å². The summed E-state index contributed by atoms with van der Waals surface area (Å²) in [6.07, 6.45) is 55.7. The first-order valence-electron chi connectivity index (χ1n) is 36.6. The Kier molecular flexibility index (Phi) is 51.3. The normalized spacial score (nSPS) is 27.8. The lowest BCUT2D eigenvalue weighted by atomic mass is 9.96. The van der Waals surface area contributed by atoms with Crippen LogP contribution in [0.2, 0.25) is 0 Å².